The number of carbonyl (C=O) groups is 1. The zero-order chi connectivity index (χ0) is 22.5. The van der Waals surface area contributed by atoms with Crippen molar-refractivity contribution in [3.63, 3.8) is 0 Å². The second kappa shape index (κ2) is 9.92. The summed E-state index contributed by atoms with van der Waals surface area (Å²) in [6.45, 7) is 9.00. The number of piperazine rings is 1. The summed E-state index contributed by atoms with van der Waals surface area (Å²) in [5.41, 5.74) is 4.61. The van der Waals surface area contributed by atoms with Crippen LogP contribution in [0.5, 0.6) is 5.75 Å². The first-order valence-corrected chi connectivity index (χ1v) is 11.0. The smallest absolute Gasteiger partial charge is 0.246 e. The van der Waals surface area contributed by atoms with Gasteiger partial charge in [-0.2, -0.15) is 0 Å². The van der Waals surface area contributed by atoms with E-state index in [9.17, 15) is 4.79 Å². The zero-order valence-electron chi connectivity index (χ0n) is 19.1. The Morgan fingerprint density at radius 2 is 1.81 bits per heavy atom. The summed E-state index contributed by atoms with van der Waals surface area (Å²) in [5, 5.41) is 0. The summed E-state index contributed by atoms with van der Waals surface area (Å²) in [7, 11) is 1.68. The molecule has 0 bridgehead atoms. The van der Waals surface area contributed by atoms with Crippen molar-refractivity contribution < 1.29 is 13.9 Å². The highest BCUT2D eigenvalue weighted by atomic mass is 16.5. The van der Waals surface area contributed by atoms with Crippen LogP contribution < -0.4 is 4.74 Å². The monoisotopic (exact) mass is 433 g/mol. The standard InChI is InChI=1S/C26H31N3O3/c1-20-17-23(21(2)29(20)19-25-5-4-16-32-25)8-11-26(30)28-14-12-27(13-15-28)18-22-6-9-24(31-3)10-7-22/h4-11,16-17H,12-15,18-19H2,1-3H3/b11-8+. The molecule has 6 nitrogen and oxygen atoms in total. The van der Waals surface area contributed by atoms with Gasteiger partial charge >= 0.3 is 0 Å². The van der Waals surface area contributed by atoms with E-state index in [-0.39, 0.29) is 5.91 Å². The van der Waals surface area contributed by atoms with Crippen LogP contribution in [0.4, 0.5) is 0 Å². The largest absolute Gasteiger partial charge is 0.497 e. The predicted molar refractivity (Wildman–Crippen MR) is 126 cm³/mol. The average Bonchev–Trinajstić information content (AvgIpc) is 3.42. The lowest BCUT2D eigenvalue weighted by molar-refractivity contribution is -0.127. The SMILES string of the molecule is COc1ccc(CN2CCN(C(=O)/C=C/c3cc(C)n(Cc4ccco4)c3C)CC2)cc1. The van der Waals surface area contributed by atoms with Crippen molar-refractivity contribution in [1.82, 2.24) is 14.4 Å². The normalized spacial score (nSPS) is 14.9. The van der Waals surface area contributed by atoms with E-state index in [4.69, 9.17) is 9.15 Å². The van der Waals surface area contributed by atoms with E-state index >= 15 is 0 Å². The highest BCUT2D eigenvalue weighted by molar-refractivity contribution is 5.92. The van der Waals surface area contributed by atoms with Gasteiger partial charge in [-0.05, 0) is 61.4 Å². The Hall–Kier alpha value is -3.25. The summed E-state index contributed by atoms with van der Waals surface area (Å²) in [6, 6.07) is 14.2. The third kappa shape index (κ3) is 5.14. The minimum absolute atomic E-state index is 0.0740. The lowest BCUT2D eigenvalue weighted by Gasteiger charge is -2.34. The van der Waals surface area contributed by atoms with Crippen LogP contribution in [0.2, 0.25) is 0 Å². The number of carbonyl (C=O) groups excluding carboxylic acids is 1. The molecule has 1 amide bonds. The Morgan fingerprint density at radius 1 is 1.06 bits per heavy atom. The molecule has 1 aliphatic heterocycles. The molecule has 168 valence electrons. The number of nitrogens with zero attached hydrogens (tertiary/aromatic N) is 3. The van der Waals surface area contributed by atoms with Crippen molar-refractivity contribution >= 4 is 12.0 Å². The number of amides is 1. The van der Waals surface area contributed by atoms with Crippen LogP contribution in [-0.4, -0.2) is 53.6 Å². The van der Waals surface area contributed by atoms with Crippen molar-refractivity contribution in [2.45, 2.75) is 26.9 Å². The lowest BCUT2D eigenvalue weighted by atomic mass is 10.2. The second-order valence-corrected chi connectivity index (χ2v) is 8.27. The summed E-state index contributed by atoms with van der Waals surface area (Å²) >= 11 is 0. The number of ether oxygens (including phenoxy) is 1. The van der Waals surface area contributed by atoms with E-state index in [0.717, 1.165) is 61.2 Å². The highest BCUT2D eigenvalue weighted by Crippen LogP contribution is 2.19. The van der Waals surface area contributed by atoms with Gasteiger partial charge in [0, 0.05) is 50.2 Å². The number of hydrogen-bond acceptors (Lipinski definition) is 4. The maximum absolute atomic E-state index is 12.8. The molecule has 0 saturated carbocycles. The number of benzene rings is 1. The first kappa shape index (κ1) is 22.0. The van der Waals surface area contributed by atoms with E-state index in [1.165, 1.54) is 5.56 Å². The molecule has 32 heavy (non-hydrogen) atoms. The van der Waals surface area contributed by atoms with Crippen molar-refractivity contribution in [2.75, 3.05) is 33.3 Å². The van der Waals surface area contributed by atoms with E-state index in [2.05, 4.69) is 41.5 Å². The molecule has 1 saturated heterocycles. The van der Waals surface area contributed by atoms with E-state index in [1.54, 1.807) is 19.4 Å². The summed E-state index contributed by atoms with van der Waals surface area (Å²) < 4.78 is 12.9. The van der Waals surface area contributed by atoms with Gasteiger partial charge in [-0.3, -0.25) is 9.69 Å². The van der Waals surface area contributed by atoms with Crippen LogP contribution >= 0.6 is 0 Å². The summed E-state index contributed by atoms with van der Waals surface area (Å²) in [6.07, 6.45) is 5.34. The molecule has 1 aromatic carbocycles. The van der Waals surface area contributed by atoms with Crippen molar-refractivity contribution in [2.24, 2.45) is 0 Å². The molecular weight excluding hydrogens is 402 g/mol. The van der Waals surface area contributed by atoms with Crippen molar-refractivity contribution in [3.8, 4) is 5.75 Å². The fourth-order valence-corrected chi connectivity index (χ4v) is 4.18. The first-order chi connectivity index (χ1) is 15.5. The first-order valence-electron chi connectivity index (χ1n) is 11.0. The molecule has 2 aromatic heterocycles. The Kier molecular flexibility index (Phi) is 6.81. The van der Waals surface area contributed by atoms with Gasteiger partial charge in [0.1, 0.15) is 11.5 Å². The van der Waals surface area contributed by atoms with Crippen LogP contribution in [0, 0.1) is 13.8 Å². The van der Waals surface area contributed by atoms with Crippen molar-refractivity contribution in [1.29, 1.82) is 0 Å². The molecule has 4 rings (SSSR count). The maximum Gasteiger partial charge on any atom is 0.246 e. The number of methoxy groups -OCH3 is 1. The zero-order valence-corrected chi connectivity index (χ0v) is 19.1. The Labute approximate surface area is 189 Å². The van der Waals surface area contributed by atoms with Crippen molar-refractivity contribution in [3.05, 3.63) is 83.1 Å². The molecule has 1 fully saturated rings. The minimum Gasteiger partial charge on any atom is -0.497 e. The average molecular weight is 434 g/mol. The van der Waals surface area contributed by atoms with Gasteiger partial charge in [-0.15, -0.1) is 0 Å². The molecule has 0 unspecified atom stereocenters. The molecule has 6 heteroatoms. The Balaban J connectivity index is 1.31. The third-order valence-electron chi connectivity index (χ3n) is 6.16. The third-order valence-corrected chi connectivity index (χ3v) is 6.16. The van der Waals surface area contributed by atoms with E-state index < -0.39 is 0 Å². The summed E-state index contributed by atoms with van der Waals surface area (Å²) in [5.74, 6) is 1.87. The Morgan fingerprint density at radius 3 is 2.47 bits per heavy atom. The van der Waals surface area contributed by atoms with Gasteiger partial charge in [-0.1, -0.05) is 12.1 Å². The van der Waals surface area contributed by atoms with E-state index in [0.29, 0.717) is 6.54 Å². The molecule has 0 N–H and O–H groups in total. The number of aryl methyl sites for hydroxylation is 1. The van der Waals surface area contributed by atoms with Crippen LogP contribution in [0.25, 0.3) is 6.08 Å². The topological polar surface area (TPSA) is 50.9 Å². The number of rotatable bonds is 7. The molecule has 3 heterocycles. The molecule has 0 radical (unpaired) electrons. The molecule has 1 aliphatic rings. The number of furan rings is 1. The molecule has 0 aliphatic carbocycles. The van der Waals surface area contributed by atoms with Crippen LogP contribution in [-0.2, 0) is 17.9 Å². The molecule has 0 atom stereocenters. The van der Waals surface area contributed by atoms with Gasteiger partial charge in [0.25, 0.3) is 0 Å². The van der Waals surface area contributed by atoms with Gasteiger partial charge in [0.15, 0.2) is 0 Å². The maximum atomic E-state index is 12.8. The number of aromatic nitrogens is 1. The van der Waals surface area contributed by atoms with Gasteiger partial charge in [-0.25, -0.2) is 0 Å². The van der Waals surface area contributed by atoms with Gasteiger partial charge < -0.3 is 18.6 Å². The highest BCUT2D eigenvalue weighted by Gasteiger charge is 2.20. The molecule has 3 aromatic rings. The fraction of sp³-hybridized carbons (Fsp3) is 0.346. The van der Waals surface area contributed by atoms with Gasteiger partial charge in [0.05, 0.1) is 19.9 Å². The molecule has 0 spiro atoms. The van der Waals surface area contributed by atoms with Crippen LogP contribution in [0.15, 0.2) is 59.2 Å². The second-order valence-electron chi connectivity index (χ2n) is 8.27. The van der Waals surface area contributed by atoms with E-state index in [1.807, 2.05) is 35.2 Å². The number of hydrogen-bond donors (Lipinski definition) is 0. The predicted octanol–water partition coefficient (Wildman–Crippen LogP) is 4.11. The summed E-state index contributed by atoms with van der Waals surface area (Å²) in [4.78, 5) is 17.1. The lowest BCUT2D eigenvalue weighted by Crippen LogP contribution is -2.47. The Bertz CT molecular complexity index is 1060. The molecular formula is C26H31N3O3. The minimum atomic E-state index is 0.0740. The van der Waals surface area contributed by atoms with Crippen LogP contribution in [0.3, 0.4) is 0 Å². The quantitative estimate of drug-likeness (QED) is 0.526. The van der Waals surface area contributed by atoms with Gasteiger partial charge in [0.2, 0.25) is 5.91 Å². The van der Waals surface area contributed by atoms with Crippen LogP contribution in [0.1, 0.15) is 28.3 Å². The fourth-order valence-electron chi connectivity index (χ4n) is 4.18.